The van der Waals surface area contributed by atoms with Crippen LogP contribution in [-0.2, 0) is 20.9 Å². The van der Waals surface area contributed by atoms with Crippen molar-refractivity contribution < 1.29 is 9.05 Å². The van der Waals surface area contributed by atoms with E-state index in [1.54, 1.807) is 11.4 Å². The third-order valence-corrected chi connectivity index (χ3v) is 7.22. The maximum absolute atomic E-state index is 5.52. The molecule has 0 aliphatic heterocycles. The first-order valence-electron chi connectivity index (χ1n) is 5.22. The van der Waals surface area contributed by atoms with Gasteiger partial charge in [-0.2, -0.15) is 0 Å². The Hall–Kier alpha value is 0.920. The highest BCUT2D eigenvalue weighted by molar-refractivity contribution is 8.67. The van der Waals surface area contributed by atoms with Crippen molar-refractivity contribution in [3.8, 4) is 0 Å². The Kier molecular flexibility index (Phi) is 9.77. The van der Waals surface area contributed by atoms with Gasteiger partial charge in [-0.15, -0.1) is 0 Å². The molecule has 0 aliphatic rings. The fourth-order valence-corrected chi connectivity index (χ4v) is 5.81. The van der Waals surface area contributed by atoms with Crippen molar-refractivity contribution in [2.45, 2.75) is 40.0 Å². The van der Waals surface area contributed by atoms with Gasteiger partial charge in [0.2, 0.25) is 5.69 Å². The molecule has 0 rings (SSSR count). The minimum atomic E-state index is -2.01. The molecule has 0 N–H and O–H groups in total. The van der Waals surface area contributed by atoms with Crippen molar-refractivity contribution in [1.82, 2.24) is 0 Å². The molecule has 0 saturated heterocycles. The van der Waals surface area contributed by atoms with Gasteiger partial charge in [0.05, 0.1) is 13.2 Å². The van der Waals surface area contributed by atoms with E-state index >= 15 is 0 Å². The molecule has 0 bridgehead atoms. The minimum absolute atomic E-state index is 0.651. The van der Waals surface area contributed by atoms with Gasteiger partial charge in [-0.05, 0) is 32.1 Å². The molecule has 2 nitrogen and oxygen atoms in total. The Bertz CT molecular complexity index is 166. The molecule has 86 valence electrons. The highest BCUT2D eigenvalue weighted by Gasteiger charge is 2.17. The molecule has 0 atom stereocenters. The van der Waals surface area contributed by atoms with E-state index < -0.39 is 5.69 Å². The van der Waals surface area contributed by atoms with Gasteiger partial charge in [-0.25, -0.2) is 0 Å². The summed E-state index contributed by atoms with van der Waals surface area (Å²) in [6.45, 7) is 7.43. The number of rotatable bonds is 9. The van der Waals surface area contributed by atoms with E-state index in [1.165, 1.54) is 19.3 Å². The molecule has 0 fully saturated rings. The van der Waals surface area contributed by atoms with Gasteiger partial charge in [0.25, 0.3) is 0 Å². The standard InChI is InChI=1S/C9H21O2PS2/c1-4-7-8-9-14-12(13,10-5-2)11-6-3/h4-9H2,1-3H3. The van der Waals surface area contributed by atoms with Crippen molar-refractivity contribution in [3.63, 3.8) is 0 Å². The second-order valence-electron chi connectivity index (χ2n) is 2.82. The van der Waals surface area contributed by atoms with Gasteiger partial charge in [0.15, 0.2) is 0 Å². The van der Waals surface area contributed by atoms with Crippen LogP contribution in [-0.4, -0.2) is 19.0 Å². The van der Waals surface area contributed by atoms with E-state index in [1.807, 2.05) is 13.8 Å². The van der Waals surface area contributed by atoms with Crippen LogP contribution in [0.2, 0.25) is 0 Å². The van der Waals surface area contributed by atoms with E-state index in [0.717, 1.165) is 5.75 Å². The Morgan fingerprint density at radius 2 is 1.64 bits per heavy atom. The highest BCUT2D eigenvalue weighted by atomic mass is 32.9. The summed E-state index contributed by atoms with van der Waals surface area (Å²) in [6.07, 6.45) is 3.72. The predicted octanol–water partition coefficient (Wildman–Crippen LogP) is 4.21. The summed E-state index contributed by atoms with van der Waals surface area (Å²) >= 11 is 7.07. The summed E-state index contributed by atoms with van der Waals surface area (Å²) < 4.78 is 11.0. The lowest BCUT2D eigenvalue weighted by atomic mass is 10.3. The average molecular weight is 256 g/mol. The molecule has 0 amide bonds. The number of hydrogen-bond acceptors (Lipinski definition) is 4. The van der Waals surface area contributed by atoms with Crippen LogP contribution in [0.4, 0.5) is 0 Å². The Morgan fingerprint density at radius 3 is 2.07 bits per heavy atom. The van der Waals surface area contributed by atoms with Gasteiger partial charge in [0.1, 0.15) is 0 Å². The van der Waals surface area contributed by atoms with Gasteiger partial charge in [-0.1, -0.05) is 31.1 Å². The summed E-state index contributed by atoms with van der Waals surface area (Å²) in [5.74, 6) is 1.06. The summed E-state index contributed by atoms with van der Waals surface area (Å²) in [5.41, 5.74) is -2.01. The maximum atomic E-state index is 5.52. The predicted molar refractivity (Wildman–Crippen MR) is 69.5 cm³/mol. The van der Waals surface area contributed by atoms with Crippen molar-refractivity contribution in [1.29, 1.82) is 0 Å². The third kappa shape index (κ3) is 7.24. The summed E-state index contributed by atoms with van der Waals surface area (Å²) in [5, 5.41) is 0. The Balaban J connectivity index is 3.78. The van der Waals surface area contributed by atoms with Gasteiger partial charge in [0, 0.05) is 5.75 Å². The van der Waals surface area contributed by atoms with E-state index in [0.29, 0.717) is 13.2 Å². The monoisotopic (exact) mass is 256 g/mol. The zero-order chi connectivity index (χ0) is 10.9. The molecule has 14 heavy (non-hydrogen) atoms. The van der Waals surface area contributed by atoms with Crippen LogP contribution in [0.15, 0.2) is 0 Å². The Labute approximate surface area is 97.1 Å². The molecular weight excluding hydrogens is 235 g/mol. The zero-order valence-electron chi connectivity index (χ0n) is 9.32. The molecule has 0 aromatic heterocycles. The molecule has 0 saturated carbocycles. The van der Waals surface area contributed by atoms with Crippen LogP contribution >= 0.6 is 17.1 Å². The Morgan fingerprint density at radius 1 is 1.07 bits per heavy atom. The first-order chi connectivity index (χ1) is 6.68. The fourth-order valence-electron chi connectivity index (χ4n) is 0.956. The SMILES string of the molecule is CCCCCSP(=S)(OCC)OCC. The molecular formula is C9H21O2PS2. The molecule has 0 unspecified atom stereocenters. The first-order valence-corrected chi connectivity index (χ1v) is 9.45. The van der Waals surface area contributed by atoms with Gasteiger partial charge in [-0.3, -0.25) is 0 Å². The number of hydrogen-bond donors (Lipinski definition) is 0. The quantitative estimate of drug-likeness (QED) is 0.454. The van der Waals surface area contributed by atoms with Crippen LogP contribution in [0, 0.1) is 0 Å². The molecule has 0 radical (unpaired) electrons. The second kappa shape index (κ2) is 9.17. The van der Waals surface area contributed by atoms with E-state index in [2.05, 4.69) is 6.92 Å². The molecule has 0 aromatic rings. The largest absolute Gasteiger partial charge is 0.322 e. The van der Waals surface area contributed by atoms with E-state index in [-0.39, 0.29) is 0 Å². The molecule has 0 heterocycles. The normalized spacial score (nSPS) is 11.9. The van der Waals surface area contributed by atoms with Crippen LogP contribution in [0.3, 0.4) is 0 Å². The molecule has 0 spiro atoms. The molecule has 0 aromatic carbocycles. The van der Waals surface area contributed by atoms with E-state index in [9.17, 15) is 0 Å². The van der Waals surface area contributed by atoms with Crippen LogP contribution < -0.4 is 0 Å². The summed E-state index contributed by atoms with van der Waals surface area (Å²) in [7, 11) is 0. The van der Waals surface area contributed by atoms with Crippen LogP contribution in [0.1, 0.15) is 40.0 Å². The average Bonchev–Trinajstić information content (AvgIpc) is 2.13. The summed E-state index contributed by atoms with van der Waals surface area (Å²) in [4.78, 5) is 0. The maximum Gasteiger partial charge on any atom is 0.247 e. The summed E-state index contributed by atoms with van der Waals surface area (Å²) in [6, 6.07) is 0. The first kappa shape index (κ1) is 14.9. The van der Waals surface area contributed by atoms with Crippen molar-refractivity contribution in [3.05, 3.63) is 0 Å². The fraction of sp³-hybridized carbons (Fsp3) is 1.00. The van der Waals surface area contributed by atoms with Crippen LogP contribution in [0.25, 0.3) is 0 Å². The third-order valence-electron chi connectivity index (χ3n) is 1.57. The highest BCUT2D eigenvalue weighted by Crippen LogP contribution is 2.61. The lowest BCUT2D eigenvalue weighted by Crippen LogP contribution is -1.93. The van der Waals surface area contributed by atoms with Gasteiger partial charge >= 0.3 is 0 Å². The van der Waals surface area contributed by atoms with Crippen molar-refractivity contribution in [2.75, 3.05) is 19.0 Å². The molecule has 0 aliphatic carbocycles. The minimum Gasteiger partial charge on any atom is -0.322 e. The smallest absolute Gasteiger partial charge is 0.247 e. The number of unbranched alkanes of at least 4 members (excludes halogenated alkanes) is 2. The second-order valence-corrected chi connectivity index (χ2v) is 9.25. The van der Waals surface area contributed by atoms with Crippen molar-refractivity contribution in [2.24, 2.45) is 0 Å². The van der Waals surface area contributed by atoms with E-state index in [4.69, 9.17) is 20.9 Å². The lowest BCUT2D eigenvalue weighted by molar-refractivity contribution is 0.280. The zero-order valence-corrected chi connectivity index (χ0v) is 11.9. The topological polar surface area (TPSA) is 18.5 Å². The van der Waals surface area contributed by atoms with Crippen LogP contribution in [0.5, 0.6) is 0 Å². The lowest BCUT2D eigenvalue weighted by Gasteiger charge is -2.19. The molecule has 5 heteroatoms. The van der Waals surface area contributed by atoms with Crippen molar-refractivity contribution >= 4 is 28.9 Å². The van der Waals surface area contributed by atoms with Gasteiger partial charge < -0.3 is 9.05 Å².